The number of aliphatic hydroxyl groups is 1. The van der Waals surface area contributed by atoms with E-state index < -0.39 is 18.0 Å². The second kappa shape index (κ2) is 14.1. The molecule has 1 atom stereocenters. The van der Waals surface area contributed by atoms with E-state index in [4.69, 9.17) is 5.11 Å². The molecule has 1 unspecified atom stereocenters. The van der Waals surface area contributed by atoms with Gasteiger partial charge in [-0.25, -0.2) is 0 Å². The third-order valence-electron chi connectivity index (χ3n) is 4.96. The van der Waals surface area contributed by atoms with Crippen molar-refractivity contribution in [2.75, 3.05) is 27.7 Å². The second-order valence-electron chi connectivity index (χ2n) is 9.11. The van der Waals surface area contributed by atoms with Gasteiger partial charge in [-0.05, 0) is 6.42 Å². The largest absolute Gasteiger partial charge is 0.481 e. The summed E-state index contributed by atoms with van der Waals surface area (Å²) in [5.74, 6) is -1.46. The van der Waals surface area contributed by atoms with Gasteiger partial charge in [0.1, 0.15) is 6.54 Å². The number of carbonyl (C=O) groups is 2. The molecule has 27 heavy (non-hydrogen) atoms. The Kier molecular flexibility index (Phi) is 13.6. The quantitative estimate of drug-likeness (QED) is 0.267. The number of rotatable bonds is 18. The molecule has 0 aromatic heterocycles. The Morgan fingerprint density at radius 2 is 1.19 bits per heavy atom. The van der Waals surface area contributed by atoms with E-state index in [0.29, 0.717) is 4.48 Å². The highest BCUT2D eigenvalue weighted by Crippen LogP contribution is 2.20. The van der Waals surface area contributed by atoms with Crippen LogP contribution in [0.3, 0.4) is 0 Å². The molecule has 0 aliphatic heterocycles. The summed E-state index contributed by atoms with van der Waals surface area (Å²) in [5, 5.41) is 19.7. The molecule has 0 fully saturated rings. The average molecular weight is 387 g/mol. The van der Waals surface area contributed by atoms with Crippen LogP contribution in [0.1, 0.15) is 96.8 Å². The fourth-order valence-corrected chi connectivity index (χ4v) is 3.64. The van der Waals surface area contributed by atoms with E-state index in [1.54, 1.807) is 0 Å². The number of unbranched alkanes of at least 4 members (excludes halogenated alkanes) is 11. The number of quaternary nitrogens is 1. The topological polar surface area (TPSA) is 74.6 Å². The lowest BCUT2D eigenvalue weighted by atomic mass is 9.89. The molecule has 0 heterocycles. The van der Waals surface area contributed by atoms with E-state index in [-0.39, 0.29) is 18.7 Å². The number of carbonyl (C=O) groups excluding carboxylic acids is 1. The molecule has 5 nitrogen and oxygen atoms in total. The van der Waals surface area contributed by atoms with Crippen LogP contribution in [-0.2, 0) is 9.59 Å². The highest BCUT2D eigenvalue weighted by molar-refractivity contribution is 5.90. The van der Waals surface area contributed by atoms with Gasteiger partial charge in [0.15, 0.2) is 11.4 Å². The fourth-order valence-electron chi connectivity index (χ4n) is 3.64. The Hall–Kier alpha value is -0.940. The first-order valence-electron chi connectivity index (χ1n) is 10.9. The first-order chi connectivity index (χ1) is 12.6. The maximum atomic E-state index is 12.4. The monoisotopic (exact) mass is 386 g/mol. The molecule has 0 aromatic carbocycles. The van der Waals surface area contributed by atoms with Crippen molar-refractivity contribution in [1.29, 1.82) is 0 Å². The first kappa shape index (κ1) is 26.1. The van der Waals surface area contributed by atoms with Crippen LogP contribution in [0, 0.1) is 0 Å². The number of likely N-dealkylation sites (N-methyl/N-ethyl adjacent to an activating group) is 1. The average Bonchev–Trinajstić information content (AvgIpc) is 2.53. The van der Waals surface area contributed by atoms with Crippen molar-refractivity contribution < 1.29 is 24.3 Å². The van der Waals surface area contributed by atoms with Gasteiger partial charge in [-0.2, -0.15) is 0 Å². The number of Topliss-reactive ketones (excluding diaryl/α,β-unsaturated/α-hetero) is 1. The number of carboxylic acids is 1. The molecular weight excluding hydrogens is 342 g/mol. The fraction of sp³-hybridized carbons (Fsp3) is 0.909. The number of carboxylic acid groups (broad SMARTS) is 1. The molecule has 0 aromatic rings. The minimum Gasteiger partial charge on any atom is -0.481 e. The molecule has 0 rings (SSSR count). The maximum Gasteiger partial charge on any atom is 0.306 e. The van der Waals surface area contributed by atoms with E-state index in [1.807, 2.05) is 21.1 Å². The van der Waals surface area contributed by atoms with Crippen LogP contribution in [-0.4, -0.2) is 59.7 Å². The zero-order valence-electron chi connectivity index (χ0n) is 18.3. The third-order valence-corrected chi connectivity index (χ3v) is 4.96. The molecule has 0 aliphatic carbocycles. The van der Waals surface area contributed by atoms with Gasteiger partial charge in [0.2, 0.25) is 0 Å². The minimum absolute atomic E-state index is 0.121. The lowest BCUT2D eigenvalue weighted by Crippen LogP contribution is -2.54. The normalized spacial score (nSPS) is 14.1. The highest BCUT2D eigenvalue weighted by atomic mass is 16.4. The van der Waals surface area contributed by atoms with Crippen molar-refractivity contribution in [2.45, 2.75) is 102 Å². The first-order valence-corrected chi connectivity index (χ1v) is 10.9. The van der Waals surface area contributed by atoms with Gasteiger partial charge in [-0.1, -0.05) is 77.6 Å². The van der Waals surface area contributed by atoms with Crippen molar-refractivity contribution in [3.8, 4) is 0 Å². The van der Waals surface area contributed by atoms with E-state index in [9.17, 15) is 14.7 Å². The van der Waals surface area contributed by atoms with Gasteiger partial charge < -0.3 is 14.7 Å². The predicted molar refractivity (Wildman–Crippen MR) is 111 cm³/mol. The summed E-state index contributed by atoms with van der Waals surface area (Å²) in [7, 11) is 5.55. The van der Waals surface area contributed by atoms with Gasteiger partial charge >= 0.3 is 5.97 Å². The van der Waals surface area contributed by atoms with Crippen LogP contribution in [0.5, 0.6) is 0 Å². The van der Waals surface area contributed by atoms with E-state index in [2.05, 4.69) is 6.92 Å². The molecule has 0 radical (unpaired) electrons. The van der Waals surface area contributed by atoms with E-state index in [0.717, 1.165) is 19.3 Å². The molecule has 2 N–H and O–H groups in total. The van der Waals surface area contributed by atoms with Gasteiger partial charge in [-0.15, -0.1) is 0 Å². The summed E-state index contributed by atoms with van der Waals surface area (Å²) in [4.78, 5) is 23.5. The van der Waals surface area contributed by atoms with Crippen LogP contribution in [0.4, 0.5) is 0 Å². The van der Waals surface area contributed by atoms with Crippen molar-refractivity contribution >= 4 is 11.8 Å². The van der Waals surface area contributed by atoms with Crippen LogP contribution < -0.4 is 0 Å². The van der Waals surface area contributed by atoms with Gasteiger partial charge in [0.05, 0.1) is 27.6 Å². The Balaban J connectivity index is 3.91. The zero-order chi connectivity index (χ0) is 20.8. The molecular formula is C22H44NO4+. The summed E-state index contributed by atoms with van der Waals surface area (Å²) >= 11 is 0. The second-order valence-corrected chi connectivity index (χ2v) is 9.11. The number of aliphatic carboxylic acids is 1. The summed E-state index contributed by atoms with van der Waals surface area (Å²) in [6, 6.07) is 0. The lowest BCUT2D eigenvalue weighted by Gasteiger charge is -2.33. The minimum atomic E-state index is -1.76. The number of hydrogen-bond acceptors (Lipinski definition) is 3. The van der Waals surface area contributed by atoms with Crippen LogP contribution in [0.25, 0.3) is 0 Å². The summed E-state index contributed by atoms with van der Waals surface area (Å²) in [6.45, 7) is 2.36. The summed E-state index contributed by atoms with van der Waals surface area (Å²) < 4.78 is 0.355. The Morgan fingerprint density at radius 3 is 1.56 bits per heavy atom. The van der Waals surface area contributed by atoms with Gasteiger partial charge in [-0.3, -0.25) is 9.59 Å². The molecule has 0 amide bonds. The SMILES string of the molecule is CCCCCCCCCCCCCCC(=O)C(O)(CC(=O)O)C[N+](C)(C)C. The van der Waals surface area contributed by atoms with Crippen molar-refractivity contribution in [2.24, 2.45) is 0 Å². The summed E-state index contributed by atoms with van der Waals surface area (Å²) in [5.41, 5.74) is -1.76. The number of hydrogen-bond donors (Lipinski definition) is 2. The van der Waals surface area contributed by atoms with Crippen LogP contribution >= 0.6 is 0 Å². The Bertz CT molecular complexity index is 417. The third kappa shape index (κ3) is 14.7. The Labute approximate surface area is 166 Å². The van der Waals surface area contributed by atoms with Crippen molar-refractivity contribution in [3.05, 3.63) is 0 Å². The van der Waals surface area contributed by atoms with Gasteiger partial charge in [0.25, 0.3) is 0 Å². The molecule has 0 saturated carbocycles. The highest BCUT2D eigenvalue weighted by Gasteiger charge is 2.42. The van der Waals surface area contributed by atoms with Gasteiger partial charge in [0, 0.05) is 6.42 Å². The lowest BCUT2D eigenvalue weighted by molar-refractivity contribution is -0.875. The maximum absolute atomic E-state index is 12.4. The zero-order valence-corrected chi connectivity index (χ0v) is 18.3. The molecule has 0 bridgehead atoms. The molecule has 0 saturated heterocycles. The molecule has 160 valence electrons. The van der Waals surface area contributed by atoms with Crippen LogP contribution in [0.2, 0.25) is 0 Å². The number of ketones is 1. The summed E-state index contributed by atoms with van der Waals surface area (Å²) in [6.07, 6.45) is 14.4. The Morgan fingerprint density at radius 1 is 0.778 bits per heavy atom. The van der Waals surface area contributed by atoms with Crippen LogP contribution in [0.15, 0.2) is 0 Å². The molecule has 5 heteroatoms. The molecule has 0 spiro atoms. The predicted octanol–water partition coefficient (Wildman–Crippen LogP) is 4.56. The van der Waals surface area contributed by atoms with Crippen molar-refractivity contribution in [1.82, 2.24) is 0 Å². The van der Waals surface area contributed by atoms with E-state index >= 15 is 0 Å². The number of nitrogens with zero attached hydrogens (tertiary/aromatic N) is 1. The smallest absolute Gasteiger partial charge is 0.306 e. The molecule has 0 aliphatic rings. The standard InChI is InChI=1S/C22H43NO4/c1-5-6-7-8-9-10-11-12-13-14-15-16-17-20(24)22(27,18-21(25)26)19-23(2,3)4/h27H,5-19H2,1-4H3/p+1. The van der Waals surface area contributed by atoms with Crippen molar-refractivity contribution in [3.63, 3.8) is 0 Å². The van der Waals surface area contributed by atoms with E-state index in [1.165, 1.54) is 57.8 Å².